The van der Waals surface area contributed by atoms with Crippen molar-refractivity contribution in [2.75, 3.05) is 12.4 Å². The first-order valence-electron chi connectivity index (χ1n) is 6.82. The number of hydrogen-bond acceptors (Lipinski definition) is 3. The molecule has 0 aliphatic carbocycles. The molecule has 22 heavy (non-hydrogen) atoms. The molecule has 2 aromatic rings. The standard InChI is InChI=1S/C17H16FNO3/c1-22-16-5-3-2-4-14(16)19-17(21)11-10-15(20)12-6-8-13(18)9-7-12/h2-9H,10-11H2,1H3,(H,19,21). The third-order valence-electron chi connectivity index (χ3n) is 3.13. The van der Waals surface area contributed by atoms with E-state index in [9.17, 15) is 14.0 Å². The summed E-state index contributed by atoms with van der Waals surface area (Å²) in [7, 11) is 1.52. The maximum atomic E-state index is 12.8. The quantitative estimate of drug-likeness (QED) is 0.832. The van der Waals surface area contributed by atoms with Gasteiger partial charge in [0.1, 0.15) is 11.6 Å². The van der Waals surface area contributed by atoms with E-state index in [4.69, 9.17) is 4.74 Å². The van der Waals surface area contributed by atoms with Crippen LogP contribution in [0.4, 0.5) is 10.1 Å². The summed E-state index contributed by atoms with van der Waals surface area (Å²) in [4.78, 5) is 23.8. The molecule has 0 unspecified atom stereocenters. The van der Waals surface area contributed by atoms with Gasteiger partial charge < -0.3 is 10.1 Å². The number of carbonyl (C=O) groups is 2. The van der Waals surface area contributed by atoms with Crippen molar-refractivity contribution in [1.29, 1.82) is 0 Å². The predicted molar refractivity (Wildman–Crippen MR) is 81.6 cm³/mol. The van der Waals surface area contributed by atoms with Gasteiger partial charge in [0.05, 0.1) is 12.8 Å². The van der Waals surface area contributed by atoms with E-state index in [0.717, 1.165) is 0 Å². The molecule has 0 heterocycles. The zero-order valence-electron chi connectivity index (χ0n) is 12.1. The van der Waals surface area contributed by atoms with E-state index in [0.29, 0.717) is 17.0 Å². The van der Waals surface area contributed by atoms with Gasteiger partial charge in [0.25, 0.3) is 0 Å². The lowest BCUT2D eigenvalue weighted by Gasteiger charge is -2.09. The van der Waals surface area contributed by atoms with Gasteiger partial charge in [-0.2, -0.15) is 0 Å². The van der Waals surface area contributed by atoms with E-state index in [1.54, 1.807) is 24.3 Å². The number of ether oxygens (including phenoxy) is 1. The summed E-state index contributed by atoms with van der Waals surface area (Å²) >= 11 is 0. The zero-order chi connectivity index (χ0) is 15.9. The van der Waals surface area contributed by atoms with E-state index >= 15 is 0 Å². The van der Waals surface area contributed by atoms with Crippen molar-refractivity contribution in [2.24, 2.45) is 0 Å². The lowest BCUT2D eigenvalue weighted by atomic mass is 10.1. The van der Waals surface area contributed by atoms with Crippen molar-refractivity contribution < 1.29 is 18.7 Å². The minimum absolute atomic E-state index is 0.0499. The van der Waals surface area contributed by atoms with Crippen LogP contribution < -0.4 is 10.1 Å². The van der Waals surface area contributed by atoms with Gasteiger partial charge in [-0.1, -0.05) is 12.1 Å². The van der Waals surface area contributed by atoms with Crippen LogP contribution in [-0.4, -0.2) is 18.8 Å². The molecule has 2 aromatic carbocycles. The van der Waals surface area contributed by atoms with Gasteiger partial charge >= 0.3 is 0 Å². The second kappa shape index (κ2) is 7.36. The Labute approximate surface area is 127 Å². The number of benzene rings is 2. The Morgan fingerprint density at radius 3 is 2.41 bits per heavy atom. The highest BCUT2D eigenvalue weighted by Gasteiger charge is 2.11. The maximum absolute atomic E-state index is 12.8. The SMILES string of the molecule is COc1ccccc1NC(=O)CCC(=O)c1ccc(F)cc1. The number of para-hydroxylation sites is 2. The van der Waals surface area contributed by atoms with Gasteiger partial charge in [-0.15, -0.1) is 0 Å². The maximum Gasteiger partial charge on any atom is 0.224 e. The summed E-state index contributed by atoms with van der Waals surface area (Å²) in [5.74, 6) is -0.318. The van der Waals surface area contributed by atoms with Crippen LogP contribution >= 0.6 is 0 Å². The van der Waals surface area contributed by atoms with Crippen molar-refractivity contribution in [3.63, 3.8) is 0 Å². The lowest BCUT2D eigenvalue weighted by Crippen LogP contribution is -2.14. The van der Waals surface area contributed by atoms with Crippen molar-refractivity contribution >= 4 is 17.4 Å². The Hall–Kier alpha value is -2.69. The van der Waals surface area contributed by atoms with E-state index < -0.39 is 5.82 Å². The summed E-state index contributed by atoms with van der Waals surface area (Å²) in [5, 5.41) is 2.70. The molecular formula is C17H16FNO3. The Morgan fingerprint density at radius 2 is 1.73 bits per heavy atom. The van der Waals surface area contributed by atoms with Crippen LogP contribution in [0, 0.1) is 5.82 Å². The fourth-order valence-electron chi connectivity index (χ4n) is 1.97. The summed E-state index contributed by atoms with van der Waals surface area (Å²) in [5.41, 5.74) is 0.954. The van der Waals surface area contributed by atoms with E-state index in [1.807, 2.05) is 0 Å². The molecule has 0 atom stereocenters. The second-order valence-electron chi connectivity index (χ2n) is 4.68. The summed E-state index contributed by atoms with van der Waals surface area (Å²) < 4.78 is 17.9. The number of methoxy groups -OCH3 is 1. The molecule has 114 valence electrons. The Morgan fingerprint density at radius 1 is 1.05 bits per heavy atom. The molecule has 0 aromatic heterocycles. The van der Waals surface area contributed by atoms with Crippen LogP contribution in [0.2, 0.25) is 0 Å². The highest BCUT2D eigenvalue weighted by atomic mass is 19.1. The van der Waals surface area contributed by atoms with Crippen molar-refractivity contribution in [1.82, 2.24) is 0 Å². The molecule has 2 rings (SSSR count). The van der Waals surface area contributed by atoms with Crippen molar-refractivity contribution in [3.8, 4) is 5.75 Å². The molecule has 0 bridgehead atoms. The first kappa shape index (κ1) is 15.7. The molecule has 0 saturated heterocycles. The molecule has 1 N–H and O–H groups in total. The Kier molecular flexibility index (Phi) is 5.25. The number of nitrogens with one attached hydrogen (secondary N) is 1. The molecule has 0 aliphatic rings. The van der Waals surface area contributed by atoms with Gasteiger partial charge in [-0.25, -0.2) is 4.39 Å². The number of rotatable bonds is 6. The van der Waals surface area contributed by atoms with Gasteiger partial charge in [0.15, 0.2) is 5.78 Å². The molecular weight excluding hydrogens is 285 g/mol. The van der Waals surface area contributed by atoms with Gasteiger partial charge in [-0.05, 0) is 36.4 Å². The average molecular weight is 301 g/mol. The molecule has 0 spiro atoms. The van der Waals surface area contributed by atoms with Crippen LogP contribution in [-0.2, 0) is 4.79 Å². The molecule has 0 radical (unpaired) electrons. The fourth-order valence-corrected chi connectivity index (χ4v) is 1.97. The molecule has 0 aliphatic heterocycles. The number of carbonyl (C=O) groups excluding carboxylic acids is 2. The first-order chi connectivity index (χ1) is 10.6. The van der Waals surface area contributed by atoms with E-state index in [-0.39, 0.29) is 24.5 Å². The molecule has 5 heteroatoms. The highest BCUT2D eigenvalue weighted by molar-refractivity contribution is 6.00. The number of ketones is 1. The third-order valence-corrected chi connectivity index (χ3v) is 3.13. The minimum Gasteiger partial charge on any atom is -0.495 e. The third kappa shape index (κ3) is 4.15. The lowest BCUT2D eigenvalue weighted by molar-refractivity contribution is -0.116. The highest BCUT2D eigenvalue weighted by Crippen LogP contribution is 2.23. The van der Waals surface area contributed by atoms with Crippen LogP contribution in [0.1, 0.15) is 23.2 Å². The predicted octanol–water partition coefficient (Wildman–Crippen LogP) is 3.44. The molecule has 0 fully saturated rings. The van der Waals surface area contributed by atoms with Crippen molar-refractivity contribution in [2.45, 2.75) is 12.8 Å². The van der Waals surface area contributed by atoms with Crippen LogP contribution in [0.15, 0.2) is 48.5 Å². The number of hydrogen-bond donors (Lipinski definition) is 1. The van der Waals surface area contributed by atoms with Crippen LogP contribution in [0.25, 0.3) is 0 Å². The summed E-state index contributed by atoms with van der Waals surface area (Å²) in [6.07, 6.45) is 0.112. The fraction of sp³-hybridized carbons (Fsp3) is 0.176. The number of halogens is 1. The summed E-state index contributed by atoms with van der Waals surface area (Å²) in [6.45, 7) is 0. The normalized spacial score (nSPS) is 10.1. The van der Waals surface area contributed by atoms with Gasteiger partial charge in [-0.3, -0.25) is 9.59 Å². The monoisotopic (exact) mass is 301 g/mol. The average Bonchev–Trinajstić information content (AvgIpc) is 2.54. The Balaban J connectivity index is 1.90. The summed E-state index contributed by atoms with van der Waals surface area (Å²) in [6, 6.07) is 12.3. The van der Waals surface area contributed by atoms with E-state index in [1.165, 1.54) is 31.4 Å². The number of anilines is 1. The largest absolute Gasteiger partial charge is 0.495 e. The number of amides is 1. The molecule has 0 saturated carbocycles. The van der Waals surface area contributed by atoms with E-state index in [2.05, 4.69) is 5.32 Å². The minimum atomic E-state index is -0.398. The second-order valence-corrected chi connectivity index (χ2v) is 4.68. The first-order valence-corrected chi connectivity index (χ1v) is 6.82. The Bertz CT molecular complexity index is 668. The van der Waals surface area contributed by atoms with Gasteiger partial charge in [0, 0.05) is 18.4 Å². The smallest absolute Gasteiger partial charge is 0.224 e. The van der Waals surface area contributed by atoms with Crippen LogP contribution in [0.3, 0.4) is 0 Å². The number of Topliss-reactive ketones (excluding diaryl/α,β-unsaturated/α-hetero) is 1. The molecule has 1 amide bonds. The zero-order valence-corrected chi connectivity index (χ0v) is 12.1. The van der Waals surface area contributed by atoms with Crippen molar-refractivity contribution in [3.05, 3.63) is 59.9 Å². The molecule has 4 nitrogen and oxygen atoms in total. The topological polar surface area (TPSA) is 55.4 Å². The van der Waals surface area contributed by atoms with Crippen LogP contribution in [0.5, 0.6) is 5.75 Å². The van der Waals surface area contributed by atoms with Gasteiger partial charge in [0.2, 0.25) is 5.91 Å².